The molecule has 0 radical (unpaired) electrons. The summed E-state index contributed by atoms with van der Waals surface area (Å²) in [6, 6.07) is 25.2. The first-order valence-corrected chi connectivity index (χ1v) is 11.6. The molecule has 1 aromatic heterocycles. The largest absolute Gasteiger partial charge is 0.327 e. The Morgan fingerprint density at radius 2 is 1.67 bits per heavy atom. The van der Waals surface area contributed by atoms with Crippen LogP contribution in [-0.4, -0.2) is 24.5 Å². The fourth-order valence-electron chi connectivity index (χ4n) is 3.62. The first-order valence-electron chi connectivity index (χ1n) is 10.1. The zero-order valence-corrected chi connectivity index (χ0v) is 17.8. The third-order valence-corrected chi connectivity index (χ3v) is 6.60. The third kappa shape index (κ3) is 4.61. The topological polar surface area (TPSA) is 64.0 Å². The first kappa shape index (κ1) is 20.3. The van der Waals surface area contributed by atoms with Gasteiger partial charge >= 0.3 is 0 Å². The number of nitrogens with zero attached hydrogens (tertiary/aromatic N) is 2. The van der Waals surface area contributed by atoms with E-state index in [1.807, 2.05) is 55.5 Å². The summed E-state index contributed by atoms with van der Waals surface area (Å²) in [4.78, 5) is 5.09. The van der Waals surface area contributed by atoms with Crippen molar-refractivity contribution in [2.75, 3.05) is 6.54 Å². The summed E-state index contributed by atoms with van der Waals surface area (Å²) < 4.78 is 30.1. The van der Waals surface area contributed by atoms with Crippen LogP contribution >= 0.6 is 0 Å². The molecule has 0 amide bonds. The van der Waals surface area contributed by atoms with Crippen LogP contribution in [0, 0.1) is 6.92 Å². The maximum Gasteiger partial charge on any atom is 0.240 e. The molecule has 0 atom stereocenters. The molecular weight excluding hydrogens is 394 g/mol. The van der Waals surface area contributed by atoms with Crippen LogP contribution in [0.3, 0.4) is 0 Å². The van der Waals surface area contributed by atoms with Gasteiger partial charge in [0.15, 0.2) is 0 Å². The number of benzene rings is 3. The molecule has 0 saturated heterocycles. The summed E-state index contributed by atoms with van der Waals surface area (Å²) in [7, 11) is -3.54. The summed E-state index contributed by atoms with van der Waals surface area (Å²) in [6.07, 6.45) is 1.68. The van der Waals surface area contributed by atoms with Gasteiger partial charge in [0.05, 0.1) is 15.9 Å². The monoisotopic (exact) mass is 419 g/mol. The van der Waals surface area contributed by atoms with Crippen LogP contribution in [0.5, 0.6) is 0 Å². The molecule has 0 bridgehead atoms. The SMILES string of the molecule is Cc1cccc(S(=O)(=O)NCCn2c(CCc3ccccc3)nc3ccccc32)c1. The molecule has 0 unspecified atom stereocenters. The van der Waals surface area contributed by atoms with Gasteiger partial charge in [0, 0.05) is 19.5 Å². The number of imidazole rings is 1. The molecule has 0 fully saturated rings. The lowest BCUT2D eigenvalue weighted by molar-refractivity contribution is 0.571. The van der Waals surface area contributed by atoms with E-state index in [1.165, 1.54) is 5.56 Å². The minimum atomic E-state index is -3.54. The predicted molar refractivity (Wildman–Crippen MR) is 120 cm³/mol. The van der Waals surface area contributed by atoms with E-state index < -0.39 is 10.0 Å². The molecule has 4 rings (SSSR count). The van der Waals surface area contributed by atoms with Gasteiger partial charge in [-0.3, -0.25) is 0 Å². The van der Waals surface area contributed by atoms with E-state index in [1.54, 1.807) is 18.2 Å². The van der Waals surface area contributed by atoms with E-state index in [4.69, 9.17) is 4.98 Å². The minimum absolute atomic E-state index is 0.294. The quantitative estimate of drug-likeness (QED) is 0.467. The van der Waals surface area contributed by atoms with Crippen molar-refractivity contribution < 1.29 is 8.42 Å². The Morgan fingerprint density at radius 1 is 0.900 bits per heavy atom. The smallest absolute Gasteiger partial charge is 0.240 e. The molecule has 0 aliphatic heterocycles. The summed E-state index contributed by atoms with van der Waals surface area (Å²) in [5, 5.41) is 0. The Bertz CT molecular complexity index is 1250. The summed E-state index contributed by atoms with van der Waals surface area (Å²) in [5.74, 6) is 0.967. The molecule has 0 aliphatic rings. The third-order valence-electron chi connectivity index (χ3n) is 5.14. The van der Waals surface area contributed by atoms with Crippen molar-refractivity contribution in [3.05, 3.63) is 95.8 Å². The lowest BCUT2D eigenvalue weighted by atomic mass is 10.1. The maximum absolute atomic E-state index is 12.6. The van der Waals surface area contributed by atoms with E-state index in [-0.39, 0.29) is 0 Å². The van der Waals surface area contributed by atoms with Gasteiger partial charge in [-0.05, 0) is 48.7 Å². The van der Waals surface area contributed by atoms with Crippen LogP contribution in [0.25, 0.3) is 11.0 Å². The standard InChI is InChI=1S/C24H25N3O2S/c1-19-8-7-11-21(18-19)30(28,29)25-16-17-27-23-13-6-5-12-22(23)26-24(27)15-14-20-9-3-2-4-10-20/h2-13,18,25H,14-17H2,1H3. The fraction of sp³-hybridized carbons (Fsp3) is 0.208. The van der Waals surface area contributed by atoms with E-state index in [0.717, 1.165) is 35.3 Å². The highest BCUT2D eigenvalue weighted by Gasteiger charge is 2.15. The zero-order valence-electron chi connectivity index (χ0n) is 17.0. The molecule has 5 nitrogen and oxygen atoms in total. The molecule has 154 valence electrons. The fourth-order valence-corrected chi connectivity index (χ4v) is 4.75. The van der Waals surface area contributed by atoms with Gasteiger partial charge < -0.3 is 4.57 Å². The van der Waals surface area contributed by atoms with E-state index in [9.17, 15) is 8.42 Å². The predicted octanol–water partition coefficient (Wildman–Crippen LogP) is 4.11. The van der Waals surface area contributed by atoms with Crippen LogP contribution in [0.2, 0.25) is 0 Å². The second-order valence-corrected chi connectivity index (χ2v) is 9.14. The summed E-state index contributed by atoms with van der Waals surface area (Å²) >= 11 is 0. The van der Waals surface area contributed by atoms with Crippen LogP contribution < -0.4 is 4.72 Å². The van der Waals surface area contributed by atoms with Gasteiger partial charge in [0.2, 0.25) is 10.0 Å². The number of fused-ring (bicyclic) bond motifs is 1. The average Bonchev–Trinajstić information content (AvgIpc) is 3.10. The molecule has 3 aromatic carbocycles. The van der Waals surface area contributed by atoms with Crippen molar-refractivity contribution in [2.45, 2.75) is 31.2 Å². The van der Waals surface area contributed by atoms with Crippen LogP contribution in [-0.2, 0) is 29.4 Å². The Labute approximate surface area is 177 Å². The highest BCUT2D eigenvalue weighted by atomic mass is 32.2. The van der Waals surface area contributed by atoms with Crippen LogP contribution in [0.1, 0.15) is 17.0 Å². The second kappa shape index (κ2) is 8.81. The number of nitrogens with one attached hydrogen (secondary N) is 1. The number of sulfonamides is 1. The molecule has 0 saturated carbocycles. The van der Waals surface area contributed by atoms with Gasteiger partial charge in [0.1, 0.15) is 5.82 Å². The van der Waals surface area contributed by atoms with Crippen molar-refractivity contribution in [3.63, 3.8) is 0 Å². The molecule has 30 heavy (non-hydrogen) atoms. The summed E-state index contributed by atoms with van der Waals surface area (Å²) in [5.41, 5.74) is 4.13. The Balaban J connectivity index is 1.51. The maximum atomic E-state index is 12.6. The van der Waals surface area contributed by atoms with Crippen molar-refractivity contribution >= 4 is 21.1 Å². The average molecular weight is 420 g/mol. The van der Waals surface area contributed by atoms with Gasteiger partial charge in [-0.15, -0.1) is 0 Å². The zero-order chi connectivity index (χ0) is 21.0. The highest BCUT2D eigenvalue weighted by Crippen LogP contribution is 2.18. The van der Waals surface area contributed by atoms with E-state index in [2.05, 4.69) is 21.4 Å². The second-order valence-electron chi connectivity index (χ2n) is 7.37. The highest BCUT2D eigenvalue weighted by molar-refractivity contribution is 7.89. The van der Waals surface area contributed by atoms with Gasteiger partial charge in [0.25, 0.3) is 0 Å². The Morgan fingerprint density at radius 3 is 2.47 bits per heavy atom. The first-order chi connectivity index (χ1) is 14.5. The summed E-state index contributed by atoms with van der Waals surface area (Å²) in [6.45, 7) is 2.71. The van der Waals surface area contributed by atoms with Gasteiger partial charge in [-0.1, -0.05) is 54.6 Å². The van der Waals surface area contributed by atoms with Crippen molar-refractivity contribution in [3.8, 4) is 0 Å². The lowest BCUT2D eigenvalue weighted by Gasteiger charge is -2.11. The van der Waals surface area contributed by atoms with Crippen molar-refractivity contribution in [2.24, 2.45) is 0 Å². The molecule has 0 spiro atoms. The van der Waals surface area contributed by atoms with E-state index in [0.29, 0.717) is 18.0 Å². The molecule has 6 heteroatoms. The van der Waals surface area contributed by atoms with E-state index >= 15 is 0 Å². The number of hydrogen-bond donors (Lipinski definition) is 1. The Hall–Kier alpha value is -2.96. The molecule has 1 N–H and O–H groups in total. The van der Waals surface area contributed by atoms with Gasteiger partial charge in [-0.2, -0.15) is 0 Å². The molecule has 1 heterocycles. The molecule has 4 aromatic rings. The number of para-hydroxylation sites is 2. The van der Waals surface area contributed by atoms with Crippen LogP contribution in [0.4, 0.5) is 0 Å². The van der Waals surface area contributed by atoms with Crippen molar-refractivity contribution in [1.82, 2.24) is 14.3 Å². The molecular formula is C24H25N3O2S. The minimum Gasteiger partial charge on any atom is -0.327 e. The van der Waals surface area contributed by atoms with Crippen LogP contribution in [0.15, 0.2) is 83.8 Å². The van der Waals surface area contributed by atoms with Gasteiger partial charge in [-0.25, -0.2) is 18.1 Å². The number of aryl methyl sites for hydroxylation is 3. The molecule has 0 aliphatic carbocycles. The number of hydrogen-bond acceptors (Lipinski definition) is 3. The normalized spacial score (nSPS) is 11.8. The number of aromatic nitrogens is 2. The lowest BCUT2D eigenvalue weighted by Crippen LogP contribution is -2.28. The Kier molecular flexibility index (Phi) is 5.97. The number of rotatable bonds is 8. The van der Waals surface area contributed by atoms with Crippen molar-refractivity contribution in [1.29, 1.82) is 0 Å².